The summed E-state index contributed by atoms with van der Waals surface area (Å²) in [6.07, 6.45) is 6.17. The van der Waals surface area contributed by atoms with Crippen molar-refractivity contribution >= 4 is 0 Å². The van der Waals surface area contributed by atoms with E-state index in [0.717, 1.165) is 13.0 Å². The first-order valence-electron chi connectivity index (χ1n) is 8.18. The molecule has 1 fully saturated rings. The van der Waals surface area contributed by atoms with Crippen LogP contribution in [0.25, 0.3) is 11.1 Å². The zero-order chi connectivity index (χ0) is 14.7. The number of aryl methyl sites for hydroxylation is 1. The van der Waals surface area contributed by atoms with Crippen LogP contribution in [0.3, 0.4) is 0 Å². The Morgan fingerprint density at radius 2 is 1.71 bits per heavy atom. The summed E-state index contributed by atoms with van der Waals surface area (Å²) in [6.45, 7) is 3.00. The van der Waals surface area contributed by atoms with Gasteiger partial charge in [-0.1, -0.05) is 68.3 Å². The lowest BCUT2D eigenvalue weighted by molar-refractivity contribution is 0.453. The zero-order valence-corrected chi connectivity index (χ0v) is 12.9. The number of hydrogen-bond acceptors (Lipinski definition) is 1. The van der Waals surface area contributed by atoms with E-state index in [2.05, 4.69) is 55.5 Å². The predicted molar refractivity (Wildman–Crippen MR) is 90.5 cm³/mol. The number of rotatable bonds is 4. The third kappa shape index (κ3) is 2.63. The molecule has 0 aromatic heterocycles. The fourth-order valence-electron chi connectivity index (χ4n) is 3.76. The van der Waals surface area contributed by atoms with E-state index in [1.54, 1.807) is 0 Å². The quantitative estimate of drug-likeness (QED) is 0.863. The smallest absolute Gasteiger partial charge is 0.00757 e. The summed E-state index contributed by atoms with van der Waals surface area (Å²) < 4.78 is 0. The van der Waals surface area contributed by atoms with Crippen LogP contribution in [0, 0.1) is 0 Å². The summed E-state index contributed by atoms with van der Waals surface area (Å²) in [5.41, 5.74) is 12.0. The first kappa shape index (κ1) is 14.3. The Bertz CT molecular complexity index is 594. The molecule has 0 bridgehead atoms. The Kier molecular flexibility index (Phi) is 4.12. The topological polar surface area (TPSA) is 26.0 Å². The monoisotopic (exact) mass is 279 g/mol. The van der Waals surface area contributed by atoms with Crippen molar-refractivity contribution in [3.05, 3.63) is 59.7 Å². The van der Waals surface area contributed by atoms with Gasteiger partial charge < -0.3 is 5.73 Å². The first-order chi connectivity index (χ1) is 10.3. The molecule has 0 atom stereocenters. The Balaban J connectivity index is 2.09. The Hall–Kier alpha value is -1.60. The van der Waals surface area contributed by atoms with E-state index in [0.29, 0.717) is 0 Å². The van der Waals surface area contributed by atoms with Gasteiger partial charge in [-0.15, -0.1) is 0 Å². The molecule has 0 aliphatic heterocycles. The normalized spacial score (nSPS) is 17.0. The fourth-order valence-corrected chi connectivity index (χ4v) is 3.76. The molecule has 2 aromatic rings. The molecular weight excluding hydrogens is 254 g/mol. The highest BCUT2D eigenvalue weighted by molar-refractivity contribution is 5.68. The number of nitrogens with two attached hydrogens (primary N) is 1. The Morgan fingerprint density at radius 1 is 1.00 bits per heavy atom. The lowest BCUT2D eigenvalue weighted by Crippen LogP contribution is -2.32. The van der Waals surface area contributed by atoms with Crippen LogP contribution in [-0.4, -0.2) is 6.54 Å². The summed E-state index contributed by atoms with van der Waals surface area (Å²) in [5, 5.41) is 0. The van der Waals surface area contributed by atoms with Gasteiger partial charge in [0.15, 0.2) is 0 Å². The van der Waals surface area contributed by atoms with Crippen LogP contribution in [0.1, 0.15) is 43.7 Å². The van der Waals surface area contributed by atoms with Crippen LogP contribution < -0.4 is 5.73 Å². The molecule has 1 saturated carbocycles. The molecule has 1 heteroatoms. The average molecular weight is 279 g/mol. The molecule has 1 aliphatic carbocycles. The highest BCUT2D eigenvalue weighted by Crippen LogP contribution is 2.41. The van der Waals surface area contributed by atoms with Crippen molar-refractivity contribution in [2.75, 3.05) is 6.54 Å². The minimum absolute atomic E-state index is 0.218. The van der Waals surface area contributed by atoms with Crippen molar-refractivity contribution in [1.29, 1.82) is 0 Å². The fraction of sp³-hybridized carbons (Fsp3) is 0.400. The third-order valence-corrected chi connectivity index (χ3v) is 5.14. The second-order valence-electron chi connectivity index (χ2n) is 6.28. The highest BCUT2D eigenvalue weighted by Gasteiger charge is 2.34. The largest absolute Gasteiger partial charge is 0.330 e. The minimum Gasteiger partial charge on any atom is -0.330 e. The molecule has 0 unspecified atom stereocenters. The molecule has 0 heterocycles. The minimum atomic E-state index is 0.218. The number of benzene rings is 2. The van der Waals surface area contributed by atoms with Crippen molar-refractivity contribution in [1.82, 2.24) is 0 Å². The Morgan fingerprint density at radius 3 is 2.33 bits per heavy atom. The molecule has 21 heavy (non-hydrogen) atoms. The van der Waals surface area contributed by atoms with Gasteiger partial charge in [-0.2, -0.15) is 0 Å². The molecule has 110 valence electrons. The molecule has 0 spiro atoms. The maximum absolute atomic E-state index is 6.16. The molecule has 2 N–H and O–H groups in total. The lowest BCUT2D eigenvalue weighted by atomic mass is 9.77. The van der Waals surface area contributed by atoms with E-state index in [9.17, 15) is 0 Å². The lowest BCUT2D eigenvalue weighted by Gasteiger charge is -2.29. The van der Waals surface area contributed by atoms with Gasteiger partial charge in [0.25, 0.3) is 0 Å². The van der Waals surface area contributed by atoms with Crippen molar-refractivity contribution < 1.29 is 0 Å². The van der Waals surface area contributed by atoms with Gasteiger partial charge in [-0.25, -0.2) is 0 Å². The molecule has 0 amide bonds. The maximum atomic E-state index is 6.16. The molecule has 0 radical (unpaired) electrons. The summed E-state index contributed by atoms with van der Waals surface area (Å²) in [6, 6.07) is 17.8. The van der Waals surface area contributed by atoms with E-state index >= 15 is 0 Å². The van der Waals surface area contributed by atoms with Crippen molar-refractivity contribution in [2.24, 2.45) is 5.73 Å². The molecular formula is C20H25N. The zero-order valence-electron chi connectivity index (χ0n) is 12.9. The van der Waals surface area contributed by atoms with Crippen LogP contribution >= 0.6 is 0 Å². The van der Waals surface area contributed by atoms with Crippen LogP contribution in [0.4, 0.5) is 0 Å². The number of hydrogen-bond donors (Lipinski definition) is 1. The van der Waals surface area contributed by atoms with Crippen LogP contribution in [0.5, 0.6) is 0 Å². The highest BCUT2D eigenvalue weighted by atomic mass is 14.6. The molecule has 2 aromatic carbocycles. The summed E-state index contributed by atoms with van der Waals surface area (Å²) in [4.78, 5) is 0. The molecule has 3 rings (SSSR count). The van der Waals surface area contributed by atoms with Gasteiger partial charge in [0.05, 0.1) is 0 Å². The SMILES string of the molecule is CCc1ccc(C2(CN)CCCC2)cc1-c1ccccc1. The van der Waals surface area contributed by atoms with Crippen molar-refractivity contribution in [2.45, 2.75) is 44.4 Å². The van der Waals surface area contributed by atoms with E-state index < -0.39 is 0 Å². The summed E-state index contributed by atoms with van der Waals surface area (Å²) in [5.74, 6) is 0. The summed E-state index contributed by atoms with van der Waals surface area (Å²) in [7, 11) is 0. The van der Waals surface area contributed by atoms with Crippen molar-refractivity contribution in [3.8, 4) is 11.1 Å². The van der Waals surface area contributed by atoms with Gasteiger partial charge in [0.1, 0.15) is 0 Å². The van der Waals surface area contributed by atoms with Gasteiger partial charge >= 0.3 is 0 Å². The standard InChI is InChI=1S/C20H25N/c1-2-16-10-11-18(20(15-21)12-6-7-13-20)14-19(16)17-8-4-3-5-9-17/h3-5,8-11,14H,2,6-7,12-13,15,21H2,1H3. The van der Waals surface area contributed by atoms with Gasteiger partial charge in [0, 0.05) is 12.0 Å². The molecule has 1 nitrogen and oxygen atoms in total. The predicted octanol–water partition coefficient (Wildman–Crippen LogP) is 4.69. The second kappa shape index (κ2) is 6.03. The van der Waals surface area contributed by atoms with Gasteiger partial charge in [-0.05, 0) is 41.5 Å². The van der Waals surface area contributed by atoms with Crippen molar-refractivity contribution in [3.63, 3.8) is 0 Å². The van der Waals surface area contributed by atoms with Crippen LogP contribution in [-0.2, 0) is 11.8 Å². The third-order valence-electron chi connectivity index (χ3n) is 5.14. The maximum Gasteiger partial charge on any atom is 0.00757 e. The van der Waals surface area contributed by atoms with E-state index in [1.165, 1.54) is 47.9 Å². The second-order valence-corrected chi connectivity index (χ2v) is 6.28. The van der Waals surface area contributed by atoms with E-state index in [4.69, 9.17) is 5.73 Å². The first-order valence-corrected chi connectivity index (χ1v) is 8.18. The van der Waals surface area contributed by atoms with E-state index in [-0.39, 0.29) is 5.41 Å². The van der Waals surface area contributed by atoms with Gasteiger partial charge in [0.2, 0.25) is 0 Å². The summed E-state index contributed by atoms with van der Waals surface area (Å²) >= 11 is 0. The average Bonchev–Trinajstić information content (AvgIpc) is 3.05. The molecule has 1 aliphatic rings. The van der Waals surface area contributed by atoms with E-state index in [1.807, 2.05) is 0 Å². The van der Waals surface area contributed by atoms with Crippen LogP contribution in [0.2, 0.25) is 0 Å². The Labute approximate surface area is 128 Å². The van der Waals surface area contributed by atoms with Gasteiger partial charge in [-0.3, -0.25) is 0 Å². The molecule has 0 saturated heterocycles. The van der Waals surface area contributed by atoms with Crippen LogP contribution in [0.15, 0.2) is 48.5 Å².